The molecular formula is C8H12N2O. The van der Waals surface area contributed by atoms with Crippen LogP contribution in [0.5, 0.6) is 0 Å². The number of aromatic nitrogens is 1. The van der Waals surface area contributed by atoms with Gasteiger partial charge < -0.3 is 10.2 Å². The minimum Gasteiger partial charge on any atom is -0.447 e. The van der Waals surface area contributed by atoms with Crippen molar-refractivity contribution in [3.05, 3.63) is 31.0 Å². The average Bonchev–Trinajstić information content (AvgIpc) is 2.52. The summed E-state index contributed by atoms with van der Waals surface area (Å²) in [6.45, 7) is 3.61. The van der Waals surface area contributed by atoms with Gasteiger partial charge in [-0.3, -0.25) is 0 Å². The maximum atomic E-state index is 5.72. The molecule has 1 heterocycles. The van der Waals surface area contributed by atoms with Gasteiger partial charge in [-0.1, -0.05) is 6.08 Å². The fourth-order valence-corrected chi connectivity index (χ4v) is 0.838. The van der Waals surface area contributed by atoms with E-state index in [0.29, 0.717) is 5.89 Å². The van der Waals surface area contributed by atoms with Crippen LogP contribution in [0, 0.1) is 0 Å². The number of oxazole rings is 1. The van der Waals surface area contributed by atoms with E-state index in [1.54, 1.807) is 6.20 Å². The molecule has 60 valence electrons. The predicted molar refractivity (Wildman–Crippen MR) is 42.9 cm³/mol. The van der Waals surface area contributed by atoms with Crippen LogP contribution in [0.3, 0.4) is 0 Å². The van der Waals surface area contributed by atoms with Gasteiger partial charge in [0, 0.05) is 0 Å². The van der Waals surface area contributed by atoms with Gasteiger partial charge in [-0.25, -0.2) is 4.98 Å². The van der Waals surface area contributed by atoms with Crippen LogP contribution >= 0.6 is 0 Å². The molecule has 0 aliphatic heterocycles. The van der Waals surface area contributed by atoms with Crippen LogP contribution in [-0.4, -0.2) is 4.98 Å². The first-order chi connectivity index (χ1) is 5.34. The summed E-state index contributed by atoms with van der Waals surface area (Å²) in [4.78, 5) is 3.94. The number of rotatable bonds is 4. The quantitative estimate of drug-likeness (QED) is 0.667. The molecule has 1 rings (SSSR count). The van der Waals surface area contributed by atoms with Crippen LogP contribution in [-0.2, 0) is 0 Å². The van der Waals surface area contributed by atoms with Gasteiger partial charge in [-0.15, -0.1) is 6.58 Å². The van der Waals surface area contributed by atoms with E-state index in [1.165, 1.54) is 6.26 Å². The Morgan fingerprint density at radius 1 is 1.82 bits per heavy atom. The molecule has 0 saturated carbocycles. The highest BCUT2D eigenvalue weighted by atomic mass is 16.3. The number of nitrogens with two attached hydrogens (primary N) is 1. The molecule has 0 radical (unpaired) electrons. The van der Waals surface area contributed by atoms with E-state index in [-0.39, 0.29) is 6.04 Å². The van der Waals surface area contributed by atoms with Gasteiger partial charge in [0.25, 0.3) is 0 Å². The lowest BCUT2D eigenvalue weighted by Gasteiger charge is -2.03. The molecule has 0 fully saturated rings. The highest BCUT2D eigenvalue weighted by Crippen LogP contribution is 2.12. The summed E-state index contributed by atoms with van der Waals surface area (Å²) in [6, 6.07) is -0.0944. The molecule has 0 spiro atoms. The van der Waals surface area contributed by atoms with Crippen LogP contribution in [0.2, 0.25) is 0 Å². The topological polar surface area (TPSA) is 52.0 Å². The Morgan fingerprint density at radius 2 is 2.64 bits per heavy atom. The van der Waals surface area contributed by atoms with Crippen molar-refractivity contribution < 1.29 is 4.42 Å². The van der Waals surface area contributed by atoms with Gasteiger partial charge in [-0.2, -0.15) is 0 Å². The van der Waals surface area contributed by atoms with Crippen LogP contribution in [0.25, 0.3) is 0 Å². The molecule has 11 heavy (non-hydrogen) atoms. The van der Waals surface area contributed by atoms with Crippen molar-refractivity contribution in [3.8, 4) is 0 Å². The minimum atomic E-state index is -0.0944. The van der Waals surface area contributed by atoms with Crippen LogP contribution in [0.4, 0.5) is 0 Å². The van der Waals surface area contributed by atoms with Crippen molar-refractivity contribution in [2.75, 3.05) is 0 Å². The molecule has 3 heteroatoms. The average molecular weight is 152 g/mol. The lowest BCUT2D eigenvalue weighted by Crippen LogP contribution is -2.09. The molecule has 1 atom stereocenters. The van der Waals surface area contributed by atoms with Gasteiger partial charge in [0.2, 0.25) is 5.89 Å². The van der Waals surface area contributed by atoms with Crippen LogP contribution < -0.4 is 5.73 Å². The molecule has 1 unspecified atom stereocenters. The molecule has 1 aromatic rings. The smallest absolute Gasteiger partial charge is 0.210 e. The second-order valence-corrected chi connectivity index (χ2v) is 2.34. The summed E-state index contributed by atoms with van der Waals surface area (Å²) in [5, 5.41) is 0. The number of hydrogen-bond acceptors (Lipinski definition) is 3. The number of allylic oxidation sites excluding steroid dienone is 1. The Hall–Kier alpha value is -1.09. The van der Waals surface area contributed by atoms with Gasteiger partial charge in [0.1, 0.15) is 6.26 Å². The first kappa shape index (κ1) is 8.01. The summed E-state index contributed by atoms with van der Waals surface area (Å²) in [5.41, 5.74) is 5.72. The fourth-order valence-electron chi connectivity index (χ4n) is 0.838. The Labute approximate surface area is 65.9 Å². The maximum absolute atomic E-state index is 5.72. The minimum absolute atomic E-state index is 0.0944. The zero-order valence-electron chi connectivity index (χ0n) is 6.36. The van der Waals surface area contributed by atoms with Crippen LogP contribution in [0.1, 0.15) is 24.8 Å². The van der Waals surface area contributed by atoms with E-state index in [9.17, 15) is 0 Å². The third-order valence-electron chi connectivity index (χ3n) is 1.45. The third kappa shape index (κ3) is 2.20. The highest BCUT2D eigenvalue weighted by Gasteiger charge is 2.07. The molecule has 3 nitrogen and oxygen atoms in total. The number of hydrogen-bond donors (Lipinski definition) is 1. The van der Waals surface area contributed by atoms with E-state index in [4.69, 9.17) is 10.2 Å². The first-order valence-corrected chi connectivity index (χ1v) is 3.60. The highest BCUT2D eigenvalue weighted by molar-refractivity contribution is 4.89. The van der Waals surface area contributed by atoms with E-state index in [0.717, 1.165) is 12.8 Å². The molecule has 0 aliphatic carbocycles. The molecule has 0 amide bonds. The van der Waals surface area contributed by atoms with Crippen molar-refractivity contribution in [2.45, 2.75) is 18.9 Å². The standard InChI is InChI=1S/C8H12N2O/c1-2-3-4-7(9)8-10-5-6-11-8/h2,5-7H,1,3-4,9H2. The summed E-state index contributed by atoms with van der Waals surface area (Å²) in [7, 11) is 0. The summed E-state index contributed by atoms with van der Waals surface area (Å²) < 4.78 is 5.02. The molecule has 2 N–H and O–H groups in total. The van der Waals surface area contributed by atoms with Crippen molar-refractivity contribution in [3.63, 3.8) is 0 Å². The zero-order valence-corrected chi connectivity index (χ0v) is 6.36. The van der Waals surface area contributed by atoms with E-state index >= 15 is 0 Å². The molecular weight excluding hydrogens is 140 g/mol. The molecule has 0 aromatic carbocycles. The lowest BCUT2D eigenvalue weighted by molar-refractivity contribution is 0.438. The Balaban J connectivity index is 2.42. The predicted octanol–water partition coefficient (Wildman–Crippen LogP) is 1.64. The van der Waals surface area contributed by atoms with Crippen molar-refractivity contribution >= 4 is 0 Å². The van der Waals surface area contributed by atoms with Gasteiger partial charge >= 0.3 is 0 Å². The Bertz CT molecular complexity index is 206. The van der Waals surface area contributed by atoms with E-state index < -0.39 is 0 Å². The largest absolute Gasteiger partial charge is 0.447 e. The summed E-state index contributed by atoms with van der Waals surface area (Å²) in [5.74, 6) is 0.604. The van der Waals surface area contributed by atoms with Gasteiger partial charge in [-0.05, 0) is 12.8 Å². The Morgan fingerprint density at radius 3 is 3.18 bits per heavy atom. The Kier molecular flexibility index (Phi) is 2.86. The maximum Gasteiger partial charge on any atom is 0.210 e. The van der Waals surface area contributed by atoms with Crippen molar-refractivity contribution in [1.29, 1.82) is 0 Å². The molecule has 1 aromatic heterocycles. The summed E-state index contributed by atoms with van der Waals surface area (Å²) in [6.07, 6.45) is 6.70. The monoisotopic (exact) mass is 152 g/mol. The fraction of sp³-hybridized carbons (Fsp3) is 0.375. The first-order valence-electron chi connectivity index (χ1n) is 3.60. The van der Waals surface area contributed by atoms with Gasteiger partial charge in [0.05, 0.1) is 12.2 Å². The lowest BCUT2D eigenvalue weighted by atomic mass is 10.2. The third-order valence-corrected chi connectivity index (χ3v) is 1.45. The van der Waals surface area contributed by atoms with Gasteiger partial charge in [0.15, 0.2) is 0 Å². The molecule has 0 bridgehead atoms. The van der Waals surface area contributed by atoms with Crippen molar-refractivity contribution in [1.82, 2.24) is 4.98 Å². The second-order valence-electron chi connectivity index (χ2n) is 2.34. The SMILES string of the molecule is C=CCCC(N)c1ncco1. The zero-order chi connectivity index (χ0) is 8.10. The van der Waals surface area contributed by atoms with E-state index in [2.05, 4.69) is 11.6 Å². The van der Waals surface area contributed by atoms with Crippen molar-refractivity contribution in [2.24, 2.45) is 5.73 Å². The number of nitrogens with zero attached hydrogens (tertiary/aromatic N) is 1. The summed E-state index contributed by atoms with van der Waals surface area (Å²) >= 11 is 0. The molecule has 0 saturated heterocycles. The molecule has 0 aliphatic rings. The second kappa shape index (κ2) is 3.93. The van der Waals surface area contributed by atoms with E-state index in [1.807, 2.05) is 6.08 Å². The normalized spacial score (nSPS) is 12.8. The van der Waals surface area contributed by atoms with Crippen LogP contribution in [0.15, 0.2) is 29.5 Å².